The first-order valence-electron chi connectivity index (χ1n) is 7.57. The van der Waals surface area contributed by atoms with Crippen LogP contribution >= 0.6 is 0 Å². The van der Waals surface area contributed by atoms with E-state index in [1.54, 1.807) is 43.5 Å². The number of aromatic nitrogens is 4. The molecule has 0 atom stereocenters. The van der Waals surface area contributed by atoms with E-state index in [0.29, 0.717) is 23.9 Å². The predicted molar refractivity (Wildman–Crippen MR) is 89.3 cm³/mol. The fourth-order valence-electron chi connectivity index (χ4n) is 2.09. The van der Waals surface area contributed by atoms with Crippen LogP contribution in [0.1, 0.15) is 19.2 Å². The first-order chi connectivity index (χ1) is 11.7. The minimum Gasteiger partial charge on any atom is -0.438 e. The summed E-state index contributed by atoms with van der Waals surface area (Å²) in [6.45, 7) is 3.70. The lowest BCUT2D eigenvalue weighted by Crippen LogP contribution is -2.09. The van der Waals surface area contributed by atoms with Crippen molar-refractivity contribution in [3.63, 3.8) is 0 Å². The molecule has 0 radical (unpaired) electrons. The van der Waals surface area contributed by atoms with Crippen molar-refractivity contribution in [2.24, 2.45) is 0 Å². The highest BCUT2D eigenvalue weighted by Gasteiger charge is 2.05. The number of hydrogen-bond donors (Lipinski definition) is 1. The molecular formula is C17H17N5O2. The van der Waals surface area contributed by atoms with Crippen LogP contribution in [0.3, 0.4) is 0 Å². The van der Waals surface area contributed by atoms with Gasteiger partial charge < -0.3 is 10.1 Å². The Hall–Kier alpha value is -3.22. The number of hydrogen-bond acceptors (Lipinski definition) is 5. The molecule has 1 amide bonds. The van der Waals surface area contributed by atoms with Gasteiger partial charge in [0.25, 0.3) is 0 Å². The molecule has 0 saturated heterocycles. The quantitative estimate of drug-likeness (QED) is 0.780. The van der Waals surface area contributed by atoms with Crippen LogP contribution in [0.2, 0.25) is 0 Å². The smallest absolute Gasteiger partial charge is 0.238 e. The molecule has 3 rings (SSSR count). The summed E-state index contributed by atoms with van der Waals surface area (Å²) in [4.78, 5) is 15.5. The van der Waals surface area contributed by atoms with E-state index in [2.05, 4.69) is 20.5 Å². The molecule has 122 valence electrons. The molecule has 0 fully saturated rings. The maximum atomic E-state index is 11.3. The molecule has 0 spiro atoms. The molecule has 7 heteroatoms. The van der Waals surface area contributed by atoms with Crippen molar-refractivity contribution in [3.05, 3.63) is 54.6 Å². The van der Waals surface area contributed by atoms with Crippen LogP contribution in [0, 0.1) is 6.92 Å². The van der Waals surface area contributed by atoms with E-state index in [9.17, 15) is 4.79 Å². The number of imidazole rings is 1. The molecule has 1 N–H and O–H groups in total. The molecule has 0 unspecified atom stereocenters. The van der Waals surface area contributed by atoms with Gasteiger partial charge in [0.2, 0.25) is 11.8 Å². The molecule has 2 aromatic heterocycles. The van der Waals surface area contributed by atoms with Crippen LogP contribution in [0.15, 0.2) is 48.8 Å². The minimum atomic E-state index is -0.0279. The summed E-state index contributed by atoms with van der Waals surface area (Å²) >= 11 is 0. The summed E-state index contributed by atoms with van der Waals surface area (Å²) in [6.07, 6.45) is 3.97. The summed E-state index contributed by atoms with van der Waals surface area (Å²) < 4.78 is 7.49. The van der Waals surface area contributed by atoms with E-state index in [-0.39, 0.29) is 5.91 Å². The molecule has 0 aliphatic carbocycles. The average Bonchev–Trinajstić information content (AvgIpc) is 3.03. The van der Waals surface area contributed by atoms with E-state index >= 15 is 0 Å². The van der Waals surface area contributed by atoms with Crippen LogP contribution in [0.4, 0.5) is 5.69 Å². The number of aryl methyl sites for hydroxylation is 1. The maximum absolute atomic E-state index is 11.3. The number of nitrogens with one attached hydrogen (secondary N) is 1. The Kier molecular flexibility index (Phi) is 4.51. The zero-order chi connectivity index (χ0) is 16.9. The van der Waals surface area contributed by atoms with E-state index < -0.39 is 0 Å². The monoisotopic (exact) mass is 323 g/mol. The molecule has 0 aliphatic heterocycles. The summed E-state index contributed by atoms with van der Waals surface area (Å²) in [6, 6.07) is 10.6. The lowest BCUT2D eigenvalue weighted by Gasteiger charge is -2.07. The van der Waals surface area contributed by atoms with Gasteiger partial charge in [0.05, 0.1) is 0 Å². The van der Waals surface area contributed by atoms with Gasteiger partial charge in [0.1, 0.15) is 11.6 Å². The molecule has 0 aliphatic rings. The molecule has 0 saturated carbocycles. The van der Waals surface area contributed by atoms with Crippen LogP contribution in [0.5, 0.6) is 11.6 Å². The van der Waals surface area contributed by atoms with Gasteiger partial charge in [-0.05, 0) is 37.3 Å². The lowest BCUT2D eigenvalue weighted by atomic mass is 10.3. The van der Waals surface area contributed by atoms with Crippen molar-refractivity contribution < 1.29 is 9.53 Å². The number of rotatable bonds is 5. The van der Waals surface area contributed by atoms with Crippen LogP contribution in [-0.2, 0) is 4.79 Å². The van der Waals surface area contributed by atoms with Gasteiger partial charge in [-0.1, -0.05) is 6.92 Å². The van der Waals surface area contributed by atoms with Crippen molar-refractivity contribution in [3.8, 4) is 17.4 Å². The van der Waals surface area contributed by atoms with Gasteiger partial charge >= 0.3 is 0 Å². The Morgan fingerprint density at radius 2 is 1.96 bits per heavy atom. The summed E-state index contributed by atoms with van der Waals surface area (Å²) in [5, 5.41) is 11.0. The SMILES string of the molecule is CCC(=O)Nc1ccc(Oc2ccc(-n3ccnc3C)nn2)cc1. The molecule has 3 aromatic rings. The summed E-state index contributed by atoms with van der Waals surface area (Å²) in [5.41, 5.74) is 0.728. The van der Waals surface area contributed by atoms with Crippen molar-refractivity contribution in [1.82, 2.24) is 19.7 Å². The van der Waals surface area contributed by atoms with Crippen LogP contribution in [-0.4, -0.2) is 25.7 Å². The van der Waals surface area contributed by atoms with Gasteiger partial charge in [-0.15, -0.1) is 10.2 Å². The minimum absolute atomic E-state index is 0.0279. The summed E-state index contributed by atoms with van der Waals surface area (Å²) in [7, 11) is 0. The number of amides is 1. The third-order valence-electron chi connectivity index (χ3n) is 3.38. The first kappa shape index (κ1) is 15.7. The van der Waals surface area contributed by atoms with Gasteiger partial charge in [0.15, 0.2) is 5.82 Å². The Morgan fingerprint density at radius 3 is 2.54 bits per heavy atom. The molecular weight excluding hydrogens is 306 g/mol. The highest BCUT2D eigenvalue weighted by molar-refractivity contribution is 5.90. The standard InChI is InChI=1S/C17H17N5O2/c1-3-16(23)19-13-4-6-14(7-5-13)24-17-9-8-15(20-21-17)22-11-10-18-12(22)2/h4-11H,3H2,1-2H3,(H,19,23). The normalized spacial score (nSPS) is 10.4. The van der Waals surface area contributed by atoms with Crippen LogP contribution < -0.4 is 10.1 Å². The van der Waals surface area contributed by atoms with Crippen molar-refractivity contribution in [2.45, 2.75) is 20.3 Å². The van der Waals surface area contributed by atoms with E-state index in [4.69, 9.17) is 4.74 Å². The maximum Gasteiger partial charge on any atom is 0.238 e. The predicted octanol–water partition coefficient (Wildman–Crippen LogP) is 3.11. The molecule has 2 heterocycles. The van der Waals surface area contributed by atoms with Gasteiger partial charge in [-0.25, -0.2) is 4.98 Å². The zero-order valence-electron chi connectivity index (χ0n) is 13.4. The van der Waals surface area contributed by atoms with E-state index in [1.165, 1.54) is 0 Å². The summed E-state index contributed by atoms with van der Waals surface area (Å²) in [5.74, 6) is 2.49. The topological polar surface area (TPSA) is 81.9 Å². The van der Waals surface area contributed by atoms with Crippen LogP contribution in [0.25, 0.3) is 5.82 Å². The van der Waals surface area contributed by atoms with Gasteiger partial charge in [0, 0.05) is 30.6 Å². The van der Waals surface area contributed by atoms with Crippen molar-refractivity contribution >= 4 is 11.6 Å². The third-order valence-corrected chi connectivity index (χ3v) is 3.38. The second-order valence-corrected chi connectivity index (χ2v) is 5.10. The van der Waals surface area contributed by atoms with E-state index in [1.807, 2.05) is 23.8 Å². The number of nitrogens with zero attached hydrogens (tertiary/aromatic N) is 4. The second-order valence-electron chi connectivity index (χ2n) is 5.10. The number of carbonyl (C=O) groups excluding carboxylic acids is 1. The Balaban J connectivity index is 1.68. The van der Waals surface area contributed by atoms with Crippen molar-refractivity contribution in [2.75, 3.05) is 5.32 Å². The fraction of sp³-hybridized carbons (Fsp3) is 0.176. The second kappa shape index (κ2) is 6.91. The number of carbonyl (C=O) groups is 1. The lowest BCUT2D eigenvalue weighted by molar-refractivity contribution is -0.115. The Labute approximate surface area is 139 Å². The third kappa shape index (κ3) is 3.57. The highest BCUT2D eigenvalue weighted by Crippen LogP contribution is 2.21. The van der Waals surface area contributed by atoms with Gasteiger partial charge in [-0.2, -0.15) is 0 Å². The fourth-order valence-corrected chi connectivity index (χ4v) is 2.09. The number of ether oxygens (including phenoxy) is 1. The molecule has 7 nitrogen and oxygen atoms in total. The number of anilines is 1. The zero-order valence-corrected chi connectivity index (χ0v) is 13.4. The molecule has 24 heavy (non-hydrogen) atoms. The molecule has 1 aromatic carbocycles. The Morgan fingerprint density at radius 1 is 1.17 bits per heavy atom. The van der Waals surface area contributed by atoms with E-state index in [0.717, 1.165) is 11.5 Å². The first-order valence-corrected chi connectivity index (χ1v) is 7.57. The highest BCUT2D eigenvalue weighted by atomic mass is 16.5. The Bertz CT molecular complexity index is 825. The largest absolute Gasteiger partial charge is 0.438 e. The van der Waals surface area contributed by atoms with Gasteiger partial charge in [-0.3, -0.25) is 9.36 Å². The average molecular weight is 323 g/mol. The number of benzene rings is 1. The molecule has 0 bridgehead atoms. The van der Waals surface area contributed by atoms with Crippen molar-refractivity contribution in [1.29, 1.82) is 0 Å².